The van der Waals surface area contributed by atoms with Gasteiger partial charge in [0.15, 0.2) is 0 Å². The van der Waals surface area contributed by atoms with Crippen LogP contribution in [0.4, 0.5) is 5.69 Å². The third-order valence-corrected chi connectivity index (χ3v) is 4.69. The largest absolute Gasteiger partial charge is 0.362 e. The molecule has 0 radical (unpaired) electrons. The molecule has 2 heterocycles. The molecule has 1 aromatic heterocycles. The van der Waals surface area contributed by atoms with Crippen molar-refractivity contribution in [1.82, 2.24) is 15.0 Å². The van der Waals surface area contributed by atoms with Gasteiger partial charge in [-0.25, -0.2) is 4.68 Å². The Bertz CT molecular complexity index is 902. The Morgan fingerprint density at radius 3 is 2.33 bits per heavy atom. The average Bonchev–Trinajstić information content (AvgIpc) is 2.91. The fourth-order valence-electron chi connectivity index (χ4n) is 3.49. The molecule has 4 nitrogen and oxygen atoms in total. The minimum Gasteiger partial charge on any atom is -0.362 e. The molecule has 4 rings (SSSR count). The lowest BCUT2D eigenvalue weighted by atomic mass is 9.92. The quantitative estimate of drug-likeness (QED) is 0.621. The van der Waals surface area contributed by atoms with Gasteiger partial charge in [0.1, 0.15) is 5.69 Å². The second kappa shape index (κ2) is 5.20. The predicted octanol–water partition coefficient (Wildman–Crippen LogP) is 4.27. The predicted molar refractivity (Wildman–Crippen MR) is 97.8 cm³/mol. The van der Waals surface area contributed by atoms with Crippen LogP contribution < -0.4 is 4.90 Å². The second-order valence-electron chi connectivity index (χ2n) is 7.34. The molecular weight excluding hydrogens is 296 g/mol. The number of rotatable bonds is 0. The maximum absolute atomic E-state index is 4.48. The van der Waals surface area contributed by atoms with E-state index >= 15 is 0 Å². The van der Waals surface area contributed by atoms with Crippen LogP contribution in [0.25, 0.3) is 22.5 Å². The second-order valence-corrected chi connectivity index (χ2v) is 7.34. The van der Waals surface area contributed by atoms with Gasteiger partial charge in [-0.15, -0.1) is 5.10 Å². The Morgan fingerprint density at radius 2 is 1.58 bits per heavy atom. The van der Waals surface area contributed by atoms with Crippen molar-refractivity contribution in [1.29, 1.82) is 0 Å². The van der Waals surface area contributed by atoms with E-state index in [2.05, 4.69) is 84.5 Å². The molecule has 0 saturated heterocycles. The Balaban J connectivity index is 2.10. The van der Waals surface area contributed by atoms with Crippen molar-refractivity contribution in [3.8, 4) is 22.5 Å². The molecule has 0 amide bonds. The number of para-hydroxylation sites is 1. The highest BCUT2D eigenvalue weighted by Gasteiger charge is 2.30. The number of anilines is 1. The molecule has 0 fully saturated rings. The summed E-state index contributed by atoms with van der Waals surface area (Å²) >= 11 is 0. The number of aromatic nitrogens is 3. The highest BCUT2D eigenvalue weighted by Crippen LogP contribution is 2.42. The fourth-order valence-corrected chi connectivity index (χ4v) is 3.49. The first-order valence-corrected chi connectivity index (χ1v) is 8.32. The number of aryl methyl sites for hydroxylation is 1. The van der Waals surface area contributed by atoms with Crippen LogP contribution in [0.1, 0.15) is 26.3 Å². The van der Waals surface area contributed by atoms with Crippen molar-refractivity contribution >= 4 is 5.69 Å². The Hall–Kier alpha value is -2.62. The zero-order valence-electron chi connectivity index (χ0n) is 14.6. The van der Waals surface area contributed by atoms with Crippen molar-refractivity contribution in [2.24, 2.45) is 7.05 Å². The van der Waals surface area contributed by atoms with Crippen molar-refractivity contribution in [2.45, 2.75) is 32.9 Å². The lowest BCUT2D eigenvalue weighted by Crippen LogP contribution is -2.41. The lowest BCUT2D eigenvalue weighted by Gasteiger charge is -2.40. The fraction of sp³-hybridized carbons (Fsp3) is 0.300. The molecule has 122 valence electrons. The number of hydrogen-bond acceptors (Lipinski definition) is 3. The van der Waals surface area contributed by atoms with E-state index in [9.17, 15) is 0 Å². The van der Waals surface area contributed by atoms with Gasteiger partial charge < -0.3 is 4.90 Å². The first-order valence-electron chi connectivity index (χ1n) is 8.32. The topological polar surface area (TPSA) is 34.0 Å². The Kier molecular flexibility index (Phi) is 3.23. The SMILES string of the molecule is Cn1nnc2c1-c1ccccc1N(C(C)(C)C)Cc1ccccc1-2. The van der Waals surface area contributed by atoms with E-state index in [0.29, 0.717) is 0 Å². The summed E-state index contributed by atoms with van der Waals surface area (Å²) in [6, 6.07) is 17.1. The summed E-state index contributed by atoms with van der Waals surface area (Å²) in [6.45, 7) is 7.63. The van der Waals surface area contributed by atoms with Gasteiger partial charge in [-0.3, -0.25) is 0 Å². The van der Waals surface area contributed by atoms with Crippen LogP contribution in [0, 0.1) is 0 Å². The van der Waals surface area contributed by atoms with Crippen molar-refractivity contribution < 1.29 is 0 Å². The minimum atomic E-state index is 0.00669. The summed E-state index contributed by atoms with van der Waals surface area (Å²) in [5, 5.41) is 8.79. The summed E-state index contributed by atoms with van der Waals surface area (Å²) in [5.41, 5.74) is 6.91. The molecule has 24 heavy (non-hydrogen) atoms. The summed E-state index contributed by atoms with van der Waals surface area (Å²) in [6.07, 6.45) is 0. The molecule has 0 N–H and O–H groups in total. The molecule has 1 aliphatic heterocycles. The lowest BCUT2D eigenvalue weighted by molar-refractivity contribution is 0.501. The first kappa shape index (κ1) is 14.9. The summed E-state index contributed by atoms with van der Waals surface area (Å²) in [5.74, 6) is 0. The van der Waals surface area contributed by atoms with Crippen LogP contribution >= 0.6 is 0 Å². The molecule has 0 bridgehead atoms. The van der Waals surface area contributed by atoms with Gasteiger partial charge in [-0.05, 0) is 32.4 Å². The monoisotopic (exact) mass is 318 g/mol. The molecule has 2 aromatic carbocycles. The Labute approximate surface area is 142 Å². The zero-order valence-corrected chi connectivity index (χ0v) is 14.6. The van der Waals surface area contributed by atoms with E-state index in [1.807, 2.05) is 11.7 Å². The van der Waals surface area contributed by atoms with Crippen LogP contribution in [0.2, 0.25) is 0 Å². The summed E-state index contributed by atoms with van der Waals surface area (Å²) < 4.78 is 1.89. The Morgan fingerprint density at radius 1 is 0.917 bits per heavy atom. The van der Waals surface area contributed by atoms with Gasteiger partial charge in [0, 0.05) is 35.9 Å². The molecule has 1 aliphatic rings. The zero-order chi connectivity index (χ0) is 16.9. The van der Waals surface area contributed by atoms with Gasteiger partial charge in [0.25, 0.3) is 0 Å². The normalized spacial score (nSPS) is 13.6. The standard InChI is InChI=1S/C20H22N4/c1-20(2,3)24-13-14-9-5-6-10-15(14)18-19(23(4)22-21-18)16-11-7-8-12-17(16)24/h5-12H,13H2,1-4H3. The third-order valence-electron chi connectivity index (χ3n) is 4.69. The van der Waals surface area contributed by atoms with Crippen molar-refractivity contribution in [3.05, 3.63) is 54.1 Å². The number of nitrogens with zero attached hydrogens (tertiary/aromatic N) is 4. The van der Waals surface area contributed by atoms with E-state index in [0.717, 1.165) is 17.9 Å². The molecule has 3 aromatic rings. The molecule has 4 heteroatoms. The van der Waals surface area contributed by atoms with E-state index in [-0.39, 0.29) is 5.54 Å². The molecule has 0 aliphatic carbocycles. The van der Waals surface area contributed by atoms with E-state index < -0.39 is 0 Å². The van der Waals surface area contributed by atoms with Crippen molar-refractivity contribution in [3.63, 3.8) is 0 Å². The first-order chi connectivity index (χ1) is 11.5. The molecule has 0 spiro atoms. The molecular formula is C20H22N4. The van der Waals surface area contributed by atoms with Crippen LogP contribution in [0.15, 0.2) is 48.5 Å². The molecule has 0 saturated carbocycles. The van der Waals surface area contributed by atoms with Crippen LogP contribution in [0.5, 0.6) is 0 Å². The van der Waals surface area contributed by atoms with E-state index in [1.165, 1.54) is 22.4 Å². The average molecular weight is 318 g/mol. The van der Waals surface area contributed by atoms with Gasteiger partial charge in [0.05, 0.1) is 5.69 Å². The van der Waals surface area contributed by atoms with Gasteiger partial charge >= 0.3 is 0 Å². The van der Waals surface area contributed by atoms with E-state index in [4.69, 9.17) is 0 Å². The third kappa shape index (κ3) is 2.21. The highest BCUT2D eigenvalue weighted by molar-refractivity contribution is 5.88. The van der Waals surface area contributed by atoms with Gasteiger partial charge in [-0.1, -0.05) is 47.7 Å². The van der Waals surface area contributed by atoms with Crippen LogP contribution in [0.3, 0.4) is 0 Å². The maximum atomic E-state index is 4.48. The highest BCUT2D eigenvalue weighted by atomic mass is 15.4. The van der Waals surface area contributed by atoms with Crippen molar-refractivity contribution in [2.75, 3.05) is 4.90 Å². The summed E-state index contributed by atoms with van der Waals surface area (Å²) in [4.78, 5) is 2.47. The van der Waals surface area contributed by atoms with Gasteiger partial charge in [0.2, 0.25) is 0 Å². The maximum Gasteiger partial charge on any atom is 0.121 e. The number of fused-ring (bicyclic) bond motifs is 5. The summed E-state index contributed by atoms with van der Waals surface area (Å²) in [7, 11) is 1.97. The minimum absolute atomic E-state index is 0.00669. The van der Waals surface area contributed by atoms with Crippen LogP contribution in [-0.2, 0) is 13.6 Å². The van der Waals surface area contributed by atoms with E-state index in [1.54, 1.807) is 0 Å². The molecule has 0 unspecified atom stereocenters. The number of hydrogen-bond donors (Lipinski definition) is 0. The van der Waals surface area contributed by atoms with Gasteiger partial charge in [-0.2, -0.15) is 0 Å². The van der Waals surface area contributed by atoms with Crippen LogP contribution in [-0.4, -0.2) is 20.5 Å². The molecule has 0 atom stereocenters. The number of benzene rings is 2. The smallest absolute Gasteiger partial charge is 0.121 e.